The van der Waals surface area contributed by atoms with Gasteiger partial charge in [0.25, 0.3) is 0 Å². The molecule has 11 heteroatoms. The van der Waals surface area contributed by atoms with Gasteiger partial charge in [-0.2, -0.15) is 0 Å². The zero-order valence-corrected chi connectivity index (χ0v) is 18.0. The van der Waals surface area contributed by atoms with E-state index in [1.807, 2.05) is 0 Å². The first-order valence-corrected chi connectivity index (χ1v) is 9.84. The molecule has 0 fully saturated rings. The molecular weight excluding hydrogens is 442 g/mol. The molecule has 2 aromatic carbocycles. The topological polar surface area (TPSA) is 177 Å². The van der Waals surface area contributed by atoms with Crippen molar-refractivity contribution in [1.29, 1.82) is 0 Å². The lowest BCUT2D eigenvalue weighted by molar-refractivity contribution is -0.146. The fourth-order valence-corrected chi connectivity index (χ4v) is 3.96. The second kappa shape index (κ2) is 9.30. The Labute approximate surface area is 188 Å². The highest BCUT2D eigenvalue weighted by Crippen LogP contribution is 2.39. The van der Waals surface area contributed by atoms with Crippen LogP contribution in [0.3, 0.4) is 0 Å². The Balaban J connectivity index is 0.000000227. The number of nitrogens with two attached hydrogens (primary N) is 2. The molecule has 0 aliphatic carbocycles. The third-order valence-corrected chi connectivity index (χ3v) is 5.48. The molecule has 0 radical (unpaired) electrons. The van der Waals surface area contributed by atoms with Crippen LogP contribution >= 0.6 is 0 Å². The minimum absolute atomic E-state index is 0. The number of ether oxygens (including phenoxy) is 2. The average molecular weight is 468 g/mol. The van der Waals surface area contributed by atoms with Crippen molar-refractivity contribution in [3.63, 3.8) is 0 Å². The number of carboxylic acids is 2. The summed E-state index contributed by atoms with van der Waals surface area (Å²) in [6, 6.07) is 7.50. The first-order chi connectivity index (χ1) is 14.9. The van der Waals surface area contributed by atoms with E-state index in [9.17, 15) is 18.4 Å². The summed E-state index contributed by atoms with van der Waals surface area (Å²) >= 11 is 0. The predicted octanol–water partition coefficient (Wildman–Crippen LogP) is 1.65. The number of fused-ring (bicyclic) bond motifs is 2. The summed E-state index contributed by atoms with van der Waals surface area (Å²) in [4.78, 5) is 22.4. The predicted molar refractivity (Wildman–Crippen MR) is 113 cm³/mol. The number of aliphatic carboxylic acids is 2. The van der Waals surface area contributed by atoms with Crippen molar-refractivity contribution >= 4 is 11.9 Å². The molecule has 4 atom stereocenters. The third-order valence-electron chi connectivity index (χ3n) is 5.48. The normalized spacial score (nSPS) is 27.2. The van der Waals surface area contributed by atoms with Crippen LogP contribution in [0.1, 0.15) is 37.8 Å². The highest BCUT2D eigenvalue weighted by atomic mass is 19.1. The van der Waals surface area contributed by atoms with E-state index in [0.717, 1.165) is 12.1 Å². The first-order valence-electron chi connectivity index (χ1n) is 9.84. The van der Waals surface area contributed by atoms with Crippen LogP contribution in [0.15, 0.2) is 36.4 Å². The molecule has 2 heterocycles. The summed E-state index contributed by atoms with van der Waals surface area (Å²) in [5.41, 5.74) is 8.89. The molecule has 180 valence electrons. The van der Waals surface area contributed by atoms with Gasteiger partial charge < -0.3 is 36.6 Å². The van der Waals surface area contributed by atoms with E-state index < -0.39 is 34.7 Å². The Morgan fingerprint density at radius 1 is 0.848 bits per heavy atom. The average Bonchev–Trinajstić information content (AvgIpc) is 2.69. The lowest BCUT2D eigenvalue weighted by Crippen LogP contribution is -2.50. The molecule has 4 rings (SSSR count). The molecule has 2 aliphatic heterocycles. The molecule has 2 aromatic rings. The van der Waals surface area contributed by atoms with Crippen LogP contribution in [0, 0.1) is 11.6 Å². The molecule has 9 nitrogen and oxygen atoms in total. The fourth-order valence-electron chi connectivity index (χ4n) is 3.96. The lowest BCUT2D eigenvalue weighted by atomic mass is 9.83. The summed E-state index contributed by atoms with van der Waals surface area (Å²) in [6.45, 7) is 3.47. The van der Waals surface area contributed by atoms with Crippen molar-refractivity contribution in [3.05, 3.63) is 59.2 Å². The Bertz CT molecular complexity index is 984. The molecule has 0 amide bonds. The second-order valence-corrected chi connectivity index (χ2v) is 8.10. The van der Waals surface area contributed by atoms with Crippen LogP contribution in [0.2, 0.25) is 0 Å². The molecule has 0 bridgehead atoms. The Kier molecular flexibility index (Phi) is 7.32. The number of carbonyl (C=O) groups is 2. The maximum atomic E-state index is 13.1. The van der Waals surface area contributed by atoms with Crippen molar-refractivity contribution in [2.45, 2.75) is 50.0 Å². The quantitative estimate of drug-likeness (QED) is 0.514. The zero-order valence-electron chi connectivity index (χ0n) is 18.0. The van der Waals surface area contributed by atoms with Gasteiger partial charge in [0.1, 0.15) is 34.2 Å². The largest absolute Gasteiger partial charge is 0.490 e. The Morgan fingerprint density at radius 2 is 1.18 bits per heavy atom. The molecule has 0 spiro atoms. The van der Waals surface area contributed by atoms with E-state index in [1.54, 1.807) is 13.8 Å². The fraction of sp³-hybridized carbons (Fsp3) is 0.364. The summed E-state index contributed by atoms with van der Waals surface area (Å²) in [5, 5.41) is 18.3. The monoisotopic (exact) mass is 468 g/mol. The Morgan fingerprint density at radius 3 is 1.48 bits per heavy atom. The second-order valence-electron chi connectivity index (χ2n) is 8.10. The number of rotatable bonds is 2. The van der Waals surface area contributed by atoms with Gasteiger partial charge in [-0.05, 0) is 50.2 Å². The van der Waals surface area contributed by atoms with Crippen LogP contribution < -0.4 is 20.9 Å². The van der Waals surface area contributed by atoms with Gasteiger partial charge in [-0.25, -0.2) is 18.4 Å². The van der Waals surface area contributed by atoms with E-state index in [-0.39, 0.29) is 41.7 Å². The van der Waals surface area contributed by atoms with Gasteiger partial charge in [0.2, 0.25) is 0 Å². The van der Waals surface area contributed by atoms with E-state index in [1.165, 1.54) is 24.3 Å². The van der Waals surface area contributed by atoms with Gasteiger partial charge >= 0.3 is 11.9 Å². The maximum absolute atomic E-state index is 13.1. The summed E-state index contributed by atoms with van der Waals surface area (Å²) < 4.78 is 37.0. The minimum atomic E-state index is -1.57. The van der Waals surface area contributed by atoms with E-state index in [2.05, 4.69) is 0 Å². The summed E-state index contributed by atoms with van der Waals surface area (Å²) in [5.74, 6) is -2.71. The van der Waals surface area contributed by atoms with Crippen LogP contribution in [0.4, 0.5) is 8.78 Å². The molecule has 0 unspecified atom stereocenters. The summed E-state index contributed by atoms with van der Waals surface area (Å²) in [7, 11) is 0. The van der Waals surface area contributed by atoms with Gasteiger partial charge in [0, 0.05) is 24.0 Å². The van der Waals surface area contributed by atoms with Gasteiger partial charge in [-0.3, -0.25) is 0 Å². The van der Waals surface area contributed by atoms with Gasteiger partial charge in [-0.1, -0.05) is 0 Å². The van der Waals surface area contributed by atoms with Crippen LogP contribution in [0.5, 0.6) is 11.5 Å². The molecule has 0 saturated heterocycles. The SMILES string of the molecule is C[C@@H]1C[C@@](N)(C(=O)O)c2cc(F)ccc2O1.C[C@@H]1C[C@](N)(C(=O)O)c2cc(F)ccc2O1.O. The van der Waals surface area contributed by atoms with Crippen molar-refractivity contribution in [2.24, 2.45) is 11.5 Å². The standard InChI is InChI=1S/2C11H12FNO3.H2O/c2*1-6-5-11(13,10(14)15)8-4-7(12)2-3-9(8)16-6;/h2*2-4,6H,5,13H2,1H3,(H,14,15);1H2/t6-,11+;6-,11-;/m11./s1. The maximum Gasteiger partial charge on any atom is 0.328 e. The lowest BCUT2D eigenvalue weighted by Gasteiger charge is -2.35. The van der Waals surface area contributed by atoms with E-state index in [4.69, 9.17) is 31.2 Å². The van der Waals surface area contributed by atoms with Crippen molar-refractivity contribution < 1.29 is 43.5 Å². The van der Waals surface area contributed by atoms with E-state index in [0.29, 0.717) is 11.5 Å². The number of halogens is 2. The van der Waals surface area contributed by atoms with Crippen molar-refractivity contribution in [1.82, 2.24) is 0 Å². The highest BCUT2D eigenvalue weighted by Gasteiger charge is 2.45. The molecule has 2 aliphatic rings. The van der Waals surface area contributed by atoms with Crippen molar-refractivity contribution in [2.75, 3.05) is 0 Å². The number of benzene rings is 2. The van der Waals surface area contributed by atoms with Crippen molar-refractivity contribution in [3.8, 4) is 11.5 Å². The van der Waals surface area contributed by atoms with Crippen LogP contribution in [0.25, 0.3) is 0 Å². The van der Waals surface area contributed by atoms with Gasteiger partial charge in [0.05, 0.1) is 12.2 Å². The molecule has 0 saturated carbocycles. The number of carboxylic acid groups (broad SMARTS) is 2. The van der Waals surface area contributed by atoms with Crippen LogP contribution in [-0.2, 0) is 20.7 Å². The van der Waals surface area contributed by atoms with Gasteiger partial charge in [0.15, 0.2) is 0 Å². The van der Waals surface area contributed by atoms with Gasteiger partial charge in [-0.15, -0.1) is 0 Å². The Hall–Kier alpha value is -3.28. The smallest absolute Gasteiger partial charge is 0.328 e. The molecule has 8 N–H and O–H groups in total. The number of hydrogen-bond donors (Lipinski definition) is 4. The zero-order chi connectivity index (χ0) is 23.8. The molecule has 33 heavy (non-hydrogen) atoms. The molecular formula is C22H26F2N2O7. The minimum Gasteiger partial charge on any atom is -0.490 e. The number of hydrogen-bond acceptors (Lipinski definition) is 6. The molecule has 0 aromatic heterocycles. The first kappa shape index (κ1) is 26.0. The third kappa shape index (κ3) is 4.90. The highest BCUT2D eigenvalue weighted by molar-refractivity contribution is 5.82. The summed E-state index contributed by atoms with van der Waals surface area (Å²) in [6.07, 6.45) is -0.365. The van der Waals surface area contributed by atoms with E-state index >= 15 is 0 Å². The van der Waals surface area contributed by atoms with Crippen LogP contribution in [-0.4, -0.2) is 39.8 Å².